The topological polar surface area (TPSA) is 78.9 Å². The largest absolute Gasteiger partial charge is 0.475 e. The highest BCUT2D eigenvalue weighted by atomic mass is 127. The molecular formula is C19H28ClF3IN5O2. The molecule has 2 heterocycles. The van der Waals surface area contributed by atoms with Crippen LogP contribution in [0.5, 0.6) is 5.88 Å². The summed E-state index contributed by atoms with van der Waals surface area (Å²) in [5.41, 5.74) is -0.927. The minimum Gasteiger partial charge on any atom is -0.475 e. The minimum atomic E-state index is -4.51. The van der Waals surface area contributed by atoms with Gasteiger partial charge in [-0.15, -0.1) is 24.0 Å². The number of amides is 1. The van der Waals surface area contributed by atoms with Crippen molar-refractivity contribution < 1.29 is 22.7 Å². The lowest BCUT2D eigenvalue weighted by Crippen LogP contribution is -2.50. The van der Waals surface area contributed by atoms with Gasteiger partial charge in [0.25, 0.3) is 0 Å². The van der Waals surface area contributed by atoms with E-state index in [0.717, 1.165) is 18.9 Å². The summed E-state index contributed by atoms with van der Waals surface area (Å²) < 4.78 is 43.3. The van der Waals surface area contributed by atoms with Crippen molar-refractivity contribution >= 4 is 47.4 Å². The molecule has 1 amide bonds. The molecule has 1 aliphatic heterocycles. The summed E-state index contributed by atoms with van der Waals surface area (Å²) in [6.45, 7) is 5.69. The summed E-state index contributed by atoms with van der Waals surface area (Å²) in [5.74, 6) is 0.690. The number of halogens is 5. The van der Waals surface area contributed by atoms with E-state index in [2.05, 4.69) is 20.6 Å². The molecule has 1 aliphatic rings. The highest BCUT2D eigenvalue weighted by Crippen LogP contribution is 2.33. The lowest BCUT2D eigenvalue weighted by molar-refractivity contribution is -0.138. The zero-order valence-electron chi connectivity index (χ0n) is 17.6. The molecule has 0 radical (unpaired) electrons. The Balaban J connectivity index is 0.00000480. The van der Waals surface area contributed by atoms with Gasteiger partial charge in [0, 0.05) is 38.3 Å². The predicted molar refractivity (Wildman–Crippen MR) is 124 cm³/mol. The van der Waals surface area contributed by atoms with Crippen LogP contribution < -0.4 is 15.4 Å². The Morgan fingerprint density at radius 3 is 2.55 bits per heavy atom. The first-order chi connectivity index (χ1) is 14.1. The molecule has 0 saturated carbocycles. The average molecular weight is 578 g/mol. The molecule has 2 rings (SSSR count). The summed E-state index contributed by atoms with van der Waals surface area (Å²) in [6.07, 6.45) is -2.18. The predicted octanol–water partition coefficient (Wildman–Crippen LogP) is 3.56. The van der Waals surface area contributed by atoms with E-state index >= 15 is 0 Å². The van der Waals surface area contributed by atoms with E-state index in [1.807, 2.05) is 18.7 Å². The van der Waals surface area contributed by atoms with Crippen LogP contribution in [0.3, 0.4) is 0 Å². The Labute approximate surface area is 202 Å². The van der Waals surface area contributed by atoms with Gasteiger partial charge < -0.3 is 20.3 Å². The molecule has 2 N–H and O–H groups in total. The Kier molecular flexibility index (Phi) is 11.1. The van der Waals surface area contributed by atoms with E-state index in [-0.39, 0.29) is 59.4 Å². The third-order valence-electron chi connectivity index (χ3n) is 4.63. The molecule has 1 aromatic heterocycles. The minimum absolute atomic E-state index is 0. The molecule has 12 heteroatoms. The molecule has 0 bridgehead atoms. The summed E-state index contributed by atoms with van der Waals surface area (Å²) >= 11 is 5.81. The molecular weight excluding hydrogens is 550 g/mol. The van der Waals surface area contributed by atoms with Crippen molar-refractivity contribution in [3.63, 3.8) is 0 Å². The number of carbonyl (C=O) groups excluding carboxylic acids is 1. The van der Waals surface area contributed by atoms with Gasteiger partial charge in [0.05, 0.1) is 12.1 Å². The van der Waals surface area contributed by atoms with Gasteiger partial charge in [-0.05, 0) is 18.9 Å². The van der Waals surface area contributed by atoms with Crippen molar-refractivity contribution in [1.82, 2.24) is 20.5 Å². The summed E-state index contributed by atoms with van der Waals surface area (Å²) in [7, 11) is 1.64. The van der Waals surface area contributed by atoms with Gasteiger partial charge in [0.1, 0.15) is 11.6 Å². The number of aromatic nitrogens is 1. The quantitative estimate of drug-likeness (QED) is 0.234. The number of nitrogens with one attached hydrogen (secondary N) is 2. The first-order valence-electron chi connectivity index (χ1n) is 9.73. The Hall–Kier alpha value is -1.50. The number of hydrogen-bond donors (Lipinski definition) is 2. The van der Waals surface area contributed by atoms with Crippen molar-refractivity contribution in [1.29, 1.82) is 0 Å². The first kappa shape index (κ1) is 27.5. The number of piperidine rings is 1. The molecule has 1 fully saturated rings. The molecule has 176 valence electrons. The molecule has 0 aromatic carbocycles. The second-order valence-electron chi connectivity index (χ2n) is 7.25. The number of alkyl halides is 3. The maximum atomic E-state index is 12.6. The zero-order chi connectivity index (χ0) is 22.3. The van der Waals surface area contributed by atoms with E-state index < -0.39 is 11.7 Å². The summed E-state index contributed by atoms with van der Waals surface area (Å²) in [4.78, 5) is 21.7. The lowest BCUT2D eigenvalue weighted by Gasteiger charge is -2.34. The third kappa shape index (κ3) is 8.51. The number of pyridine rings is 1. The van der Waals surface area contributed by atoms with Crippen LogP contribution in [0.1, 0.15) is 32.3 Å². The van der Waals surface area contributed by atoms with Gasteiger partial charge >= 0.3 is 6.18 Å². The van der Waals surface area contributed by atoms with Crippen LogP contribution in [0.25, 0.3) is 0 Å². The molecule has 0 unspecified atom stereocenters. The van der Waals surface area contributed by atoms with Gasteiger partial charge in [-0.25, -0.2) is 4.98 Å². The van der Waals surface area contributed by atoms with Crippen molar-refractivity contribution in [3.8, 4) is 5.88 Å². The number of nitrogens with zero attached hydrogens (tertiary/aromatic N) is 3. The lowest BCUT2D eigenvalue weighted by atomic mass is 10.0. The van der Waals surface area contributed by atoms with E-state index in [0.29, 0.717) is 31.8 Å². The van der Waals surface area contributed by atoms with Gasteiger partial charge in [0.2, 0.25) is 11.8 Å². The first-order valence-corrected chi connectivity index (χ1v) is 10.1. The van der Waals surface area contributed by atoms with Crippen LogP contribution in [-0.4, -0.2) is 61.1 Å². The van der Waals surface area contributed by atoms with Crippen molar-refractivity contribution in [3.05, 3.63) is 22.8 Å². The number of likely N-dealkylation sites (tertiary alicyclic amines) is 1. The van der Waals surface area contributed by atoms with E-state index in [9.17, 15) is 18.0 Å². The Morgan fingerprint density at radius 1 is 1.39 bits per heavy atom. The van der Waals surface area contributed by atoms with Crippen LogP contribution in [0, 0.1) is 5.92 Å². The van der Waals surface area contributed by atoms with Crippen LogP contribution in [0.4, 0.5) is 13.2 Å². The molecule has 1 saturated heterocycles. The second-order valence-corrected chi connectivity index (χ2v) is 7.66. The fourth-order valence-electron chi connectivity index (χ4n) is 3.00. The number of rotatable bonds is 6. The fourth-order valence-corrected chi connectivity index (χ4v) is 3.22. The highest BCUT2D eigenvalue weighted by molar-refractivity contribution is 14.0. The second kappa shape index (κ2) is 12.5. The SMILES string of the molecule is CN=C(NCCOc1ncc(C(F)(F)F)cc1Cl)NC1CCN(C(=O)C(C)C)CC1.I. The third-order valence-corrected chi connectivity index (χ3v) is 4.90. The van der Waals surface area contributed by atoms with Crippen LogP contribution in [0.2, 0.25) is 5.02 Å². The van der Waals surface area contributed by atoms with Gasteiger partial charge in [-0.2, -0.15) is 13.2 Å². The zero-order valence-corrected chi connectivity index (χ0v) is 20.7. The number of aliphatic imine (C=N–C) groups is 1. The van der Waals surface area contributed by atoms with Crippen molar-refractivity contribution in [2.45, 2.75) is 38.9 Å². The van der Waals surface area contributed by atoms with Gasteiger partial charge in [0.15, 0.2) is 5.96 Å². The monoisotopic (exact) mass is 577 g/mol. The number of carbonyl (C=O) groups is 1. The molecule has 7 nitrogen and oxygen atoms in total. The Bertz CT molecular complexity index is 757. The Morgan fingerprint density at radius 2 is 2.03 bits per heavy atom. The van der Waals surface area contributed by atoms with E-state index in [1.54, 1.807) is 7.05 Å². The van der Waals surface area contributed by atoms with Crippen LogP contribution >= 0.6 is 35.6 Å². The number of guanidine groups is 1. The van der Waals surface area contributed by atoms with E-state index in [1.165, 1.54) is 0 Å². The maximum Gasteiger partial charge on any atom is 0.417 e. The van der Waals surface area contributed by atoms with Crippen LogP contribution in [0.15, 0.2) is 17.3 Å². The average Bonchev–Trinajstić information content (AvgIpc) is 2.70. The van der Waals surface area contributed by atoms with Crippen molar-refractivity contribution in [2.75, 3.05) is 33.3 Å². The van der Waals surface area contributed by atoms with Crippen molar-refractivity contribution in [2.24, 2.45) is 10.9 Å². The van der Waals surface area contributed by atoms with Gasteiger partial charge in [-0.1, -0.05) is 25.4 Å². The molecule has 0 aliphatic carbocycles. The molecule has 0 atom stereocenters. The van der Waals surface area contributed by atoms with Crippen LogP contribution in [-0.2, 0) is 11.0 Å². The smallest absolute Gasteiger partial charge is 0.417 e. The summed E-state index contributed by atoms with van der Waals surface area (Å²) in [6, 6.07) is 0.980. The fraction of sp³-hybridized carbons (Fsp3) is 0.632. The maximum absolute atomic E-state index is 12.6. The summed E-state index contributed by atoms with van der Waals surface area (Å²) in [5, 5.41) is 6.18. The molecule has 1 aromatic rings. The molecule has 31 heavy (non-hydrogen) atoms. The van der Waals surface area contributed by atoms with E-state index in [4.69, 9.17) is 16.3 Å². The number of hydrogen-bond acceptors (Lipinski definition) is 4. The van der Waals surface area contributed by atoms with Gasteiger partial charge in [-0.3, -0.25) is 9.79 Å². The molecule has 0 spiro atoms. The normalized spacial score (nSPS) is 15.5. The highest BCUT2D eigenvalue weighted by Gasteiger charge is 2.31. The standard InChI is InChI=1S/C19H27ClF3N5O2.HI/c1-12(2)17(29)28-7-4-14(5-8-28)27-18(24-3)25-6-9-30-16-15(20)10-13(11-26-16)19(21,22)23;/h10-12,14H,4-9H2,1-3H3,(H2,24,25,27);1H. The number of ether oxygens (including phenoxy) is 1.